The number of hydrogen-bond acceptors (Lipinski definition) is 3. The monoisotopic (exact) mass is 336 g/mol. The molecule has 0 atom stereocenters. The van der Waals surface area contributed by atoms with Crippen LogP contribution in [-0.4, -0.2) is 10.9 Å². The molecule has 1 aromatic heterocycles. The van der Waals surface area contributed by atoms with Gasteiger partial charge in [-0.3, -0.25) is 4.79 Å². The first-order valence-corrected chi connectivity index (χ1v) is 7.78. The fraction of sp³-hybridized carbons (Fsp3) is 0.0667. The largest absolute Gasteiger partial charge is 0.345 e. The lowest BCUT2D eigenvalue weighted by Gasteiger charge is -2.05. The SMILES string of the molecule is O=C(NCc1nc2ccccc2s1)c1ccc(Cl)cc1Cl. The maximum atomic E-state index is 12.1. The predicted molar refractivity (Wildman–Crippen MR) is 87.3 cm³/mol. The second-order valence-electron chi connectivity index (χ2n) is 4.38. The lowest BCUT2D eigenvalue weighted by Crippen LogP contribution is -2.22. The first kappa shape index (κ1) is 14.3. The number of hydrogen-bond donors (Lipinski definition) is 1. The first-order valence-electron chi connectivity index (χ1n) is 6.21. The van der Waals surface area contributed by atoms with Gasteiger partial charge in [0.25, 0.3) is 5.91 Å². The zero-order valence-electron chi connectivity index (χ0n) is 10.8. The van der Waals surface area contributed by atoms with Crippen LogP contribution in [-0.2, 0) is 6.54 Å². The van der Waals surface area contributed by atoms with E-state index >= 15 is 0 Å². The van der Waals surface area contributed by atoms with Crippen LogP contribution in [0, 0.1) is 0 Å². The number of amides is 1. The molecule has 2 aromatic carbocycles. The third-order valence-electron chi connectivity index (χ3n) is 2.91. The molecule has 1 N–H and O–H groups in total. The number of rotatable bonds is 3. The number of carbonyl (C=O) groups is 1. The molecule has 1 amide bonds. The number of benzene rings is 2. The van der Waals surface area contributed by atoms with E-state index in [9.17, 15) is 4.79 Å². The molecule has 3 aromatic rings. The number of thiazole rings is 1. The molecule has 0 aliphatic rings. The summed E-state index contributed by atoms with van der Waals surface area (Å²) in [6, 6.07) is 12.7. The summed E-state index contributed by atoms with van der Waals surface area (Å²) >= 11 is 13.4. The van der Waals surface area contributed by atoms with Gasteiger partial charge in [-0.2, -0.15) is 0 Å². The minimum Gasteiger partial charge on any atom is -0.345 e. The zero-order chi connectivity index (χ0) is 14.8. The maximum Gasteiger partial charge on any atom is 0.253 e. The van der Waals surface area contributed by atoms with Crippen LogP contribution in [0.15, 0.2) is 42.5 Å². The Balaban J connectivity index is 1.73. The average molecular weight is 337 g/mol. The van der Waals surface area contributed by atoms with Crippen molar-refractivity contribution in [1.82, 2.24) is 10.3 Å². The molecule has 0 fully saturated rings. The first-order chi connectivity index (χ1) is 10.1. The third-order valence-corrected chi connectivity index (χ3v) is 4.50. The molecule has 0 aliphatic heterocycles. The summed E-state index contributed by atoms with van der Waals surface area (Å²) in [4.78, 5) is 16.6. The van der Waals surface area contributed by atoms with E-state index in [1.54, 1.807) is 29.5 Å². The van der Waals surface area contributed by atoms with Crippen molar-refractivity contribution in [2.75, 3.05) is 0 Å². The van der Waals surface area contributed by atoms with Crippen LogP contribution in [0.1, 0.15) is 15.4 Å². The van der Waals surface area contributed by atoms with Gasteiger partial charge in [0, 0.05) is 5.02 Å². The minimum atomic E-state index is -0.240. The van der Waals surface area contributed by atoms with Crippen molar-refractivity contribution in [3.63, 3.8) is 0 Å². The average Bonchev–Trinajstić information content (AvgIpc) is 2.87. The fourth-order valence-electron chi connectivity index (χ4n) is 1.92. The Labute approximate surface area is 135 Å². The van der Waals surface area contributed by atoms with Gasteiger partial charge in [-0.25, -0.2) is 4.98 Å². The van der Waals surface area contributed by atoms with Crippen molar-refractivity contribution in [3.8, 4) is 0 Å². The molecule has 1 heterocycles. The molecule has 106 valence electrons. The Morgan fingerprint density at radius 2 is 2.00 bits per heavy atom. The standard InChI is InChI=1S/C15H10Cl2N2OS/c16-9-5-6-10(11(17)7-9)15(20)18-8-14-19-12-3-1-2-4-13(12)21-14/h1-7H,8H2,(H,18,20). The van der Waals surface area contributed by atoms with E-state index in [1.165, 1.54) is 0 Å². The van der Waals surface area contributed by atoms with E-state index in [2.05, 4.69) is 10.3 Å². The lowest BCUT2D eigenvalue weighted by molar-refractivity contribution is 0.0951. The van der Waals surface area contributed by atoms with Crippen molar-refractivity contribution in [3.05, 3.63) is 63.1 Å². The van der Waals surface area contributed by atoms with E-state index in [0.717, 1.165) is 15.2 Å². The predicted octanol–water partition coefficient (Wildman–Crippen LogP) is 4.53. The second-order valence-corrected chi connectivity index (χ2v) is 6.34. The third kappa shape index (κ3) is 3.18. The summed E-state index contributed by atoms with van der Waals surface area (Å²) in [5, 5.41) is 4.51. The molecular weight excluding hydrogens is 327 g/mol. The maximum absolute atomic E-state index is 12.1. The highest BCUT2D eigenvalue weighted by Crippen LogP contribution is 2.23. The van der Waals surface area contributed by atoms with E-state index in [4.69, 9.17) is 23.2 Å². The normalized spacial score (nSPS) is 10.8. The second kappa shape index (κ2) is 6.02. The van der Waals surface area contributed by atoms with Crippen LogP contribution in [0.25, 0.3) is 10.2 Å². The Hall–Kier alpha value is -1.62. The molecule has 0 saturated carbocycles. The van der Waals surface area contributed by atoms with E-state index in [0.29, 0.717) is 22.2 Å². The number of nitrogens with one attached hydrogen (secondary N) is 1. The van der Waals surface area contributed by atoms with Crippen molar-refractivity contribution >= 4 is 50.7 Å². The van der Waals surface area contributed by atoms with Gasteiger partial charge in [0.2, 0.25) is 0 Å². The topological polar surface area (TPSA) is 42.0 Å². The van der Waals surface area contributed by atoms with Crippen LogP contribution >= 0.6 is 34.5 Å². The highest BCUT2D eigenvalue weighted by molar-refractivity contribution is 7.18. The quantitative estimate of drug-likeness (QED) is 0.763. The Bertz CT molecular complexity index is 783. The van der Waals surface area contributed by atoms with E-state index < -0.39 is 0 Å². The highest BCUT2D eigenvalue weighted by atomic mass is 35.5. The summed E-state index contributed by atoms with van der Waals surface area (Å²) in [6.45, 7) is 0.372. The number of fused-ring (bicyclic) bond motifs is 1. The van der Waals surface area contributed by atoms with Crippen molar-refractivity contribution in [1.29, 1.82) is 0 Å². The van der Waals surface area contributed by atoms with Gasteiger partial charge in [-0.05, 0) is 30.3 Å². The summed E-state index contributed by atoms with van der Waals surface area (Å²) in [5.74, 6) is -0.240. The van der Waals surface area contributed by atoms with Crippen LogP contribution in [0.2, 0.25) is 10.0 Å². The van der Waals surface area contributed by atoms with E-state index in [1.807, 2.05) is 24.3 Å². The Morgan fingerprint density at radius 1 is 1.19 bits per heavy atom. The van der Waals surface area contributed by atoms with Crippen LogP contribution < -0.4 is 5.32 Å². The smallest absolute Gasteiger partial charge is 0.253 e. The lowest BCUT2D eigenvalue weighted by atomic mass is 10.2. The molecule has 3 rings (SSSR count). The number of para-hydroxylation sites is 1. The van der Waals surface area contributed by atoms with Crippen molar-refractivity contribution in [2.24, 2.45) is 0 Å². The molecule has 0 unspecified atom stereocenters. The molecule has 3 nitrogen and oxygen atoms in total. The van der Waals surface area contributed by atoms with Gasteiger partial charge in [0.1, 0.15) is 5.01 Å². The summed E-state index contributed by atoms with van der Waals surface area (Å²) < 4.78 is 1.10. The molecule has 0 saturated heterocycles. The molecule has 6 heteroatoms. The molecule has 0 bridgehead atoms. The van der Waals surface area contributed by atoms with Gasteiger partial charge in [-0.15, -0.1) is 11.3 Å². The van der Waals surface area contributed by atoms with Crippen LogP contribution in [0.4, 0.5) is 0 Å². The molecule has 0 spiro atoms. The number of nitrogens with zero attached hydrogens (tertiary/aromatic N) is 1. The molecular formula is C15H10Cl2N2OS. The zero-order valence-corrected chi connectivity index (χ0v) is 13.1. The van der Waals surface area contributed by atoms with Crippen molar-refractivity contribution in [2.45, 2.75) is 6.54 Å². The van der Waals surface area contributed by atoms with Gasteiger partial charge in [-0.1, -0.05) is 35.3 Å². The van der Waals surface area contributed by atoms with Crippen LogP contribution in [0.3, 0.4) is 0 Å². The van der Waals surface area contributed by atoms with Crippen molar-refractivity contribution < 1.29 is 4.79 Å². The van der Waals surface area contributed by atoms with Gasteiger partial charge in [0.15, 0.2) is 0 Å². The fourth-order valence-corrected chi connectivity index (χ4v) is 3.32. The Kier molecular flexibility index (Phi) is 4.10. The number of carbonyl (C=O) groups excluding carboxylic acids is 1. The number of aromatic nitrogens is 1. The summed E-state index contributed by atoms with van der Waals surface area (Å²) in [7, 11) is 0. The highest BCUT2D eigenvalue weighted by Gasteiger charge is 2.11. The Morgan fingerprint density at radius 3 is 2.76 bits per heavy atom. The summed E-state index contributed by atoms with van der Waals surface area (Å²) in [5.41, 5.74) is 1.35. The molecule has 0 radical (unpaired) electrons. The number of halogens is 2. The van der Waals surface area contributed by atoms with Crippen LogP contribution in [0.5, 0.6) is 0 Å². The molecule has 0 aliphatic carbocycles. The molecule has 21 heavy (non-hydrogen) atoms. The van der Waals surface area contributed by atoms with E-state index in [-0.39, 0.29) is 5.91 Å². The summed E-state index contributed by atoms with van der Waals surface area (Å²) in [6.07, 6.45) is 0. The minimum absolute atomic E-state index is 0.240. The van der Waals surface area contributed by atoms with Gasteiger partial charge < -0.3 is 5.32 Å². The van der Waals surface area contributed by atoms with Gasteiger partial charge in [0.05, 0.1) is 27.3 Å². The van der Waals surface area contributed by atoms with Gasteiger partial charge >= 0.3 is 0 Å².